The van der Waals surface area contributed by atoms with Gasteiger partial charge in [-0.25, -0.2) is 19.5 Å². The Morgan fingerprint density at radius 3 is 2.43 bits per heavy atom. The number of ether oxygens (including phenoxy) is 2. The number of nitrogens with zero attached hydrogens (tertiary/aromatic N) is 3. The van der Waals surface area contributed by atoms with Crippen LogP contribution in [0.15, 0.2) is 91.0 Å². The lowest BCUT2D eigenvalue weighted by Crippen LogP contribution is -2.72. The maximum Gasteiger partial charge on any atom is 0.422 e. The largest absolute Gasteiger partial charge is 0.447 e. The van der Waals surface area contributed by atoms with E-state index < -0.39 is 36.2 Å². The lowest BCUT2D eigenvalue weighted by atomic mass is 9.91. The van der Waals surface area contributed by atoms with Crippen molar-refractivity contribution in [2.75, 3.05) is 6.61 Å². The van der Waals surface area contributed by atoms with E-state index in [4.69, 9.17) is 9.47 Å². The summed E-state index contributed by atoms with van der Waals surface area (Å²) < 4.78 is 11.8. The molecule has 3 heterocycles. The van der Waals surface area contributed by atoms with Crippen LogP contribution in [0.2, 0.25) is 0 Å². The minimum Gasteiger partial charge on any atom is -0.447 e. The molecule has 4 aromatic rings. The molecule has 0 bridgehead atoms. The predicted molar refractivity (Wildman–Crippen MR) is 138 cm³/mol. The number of benzene rings is 3. The number of imide groups is 1. The van der Waals surface area contributed by atoms with Gasteiger partial charge in [0, 0.05) is 0 Å². The Hall–Kier alpha value is -4.50. The highest BCUT2D eigenvalue weighted by atomic mass is 32.1. The number of hydrogen-bond donors (Lipinski definition) is 0. The summed E-state index contributed by atoms with van der Waals surface area (Å²) in [5.41, 5.74) is 1.71. The first kappa shape index (κ1) is 22.9. The van der Waals surface area contributed by atoms with Gasteiger partial charge in [-0.05, 0) is 35.9 Å². The Bertz CT molecular complexity index is 1470. The summed E-state index contributed by atoms with van der Waals surface area (Å²) in [4.78, 5) is 46.4. The van der Waals surface area contributed by atoms with E-state index in [1.54, 1.807) is 42.5 Å². The third-order valence-electron chi connectivity index (χ3n) is 6.40. The Balaban J connectivity index is 1.33. The summed E-state index contributed by atoms with van der Waals surface area (Å²) in [5, 5.41) is 0.722. The number of para-hydroxylation sites is 2. The van der Waals surface area contributed by atoms with Crippen molar-refractivity contribution < 1.29 is 23.9 Å². The van der Waals surface area contributed by atoms with Crippen LogP contribution in [0.4, 0.5) is 9.59 Å². The fourth-order valence-corrected chi connectivity index (χ4v) is 5.51. The van der Waals surface area contributed by atoms with E-state index in [0.717, 1.165) is 25.7 Å². The molecule has 2 aliphatic rings. The Morgan fingerprint density at radius 1 is 0.973 bits per heavy atom. The van der Waals surface area contributed by atoms with Crippen LogP contribution < -0.4 is 4.74 Å². The van der Waals surface area contributed by atoms with Crippen molar-refractivity contribution in [2.24, 2.45) is 0 Å². The van der Waals surface area contributed by atoms with Crippen molar-refractivity contribution in [1.82, 2.24) is 14.8 Å². The molecule has 9 heteroatoms. The lowest BCUT2D eigenvalue weighted by Gasteiger charge is -2.47. The number of carbonyl (C=O) groups excluding carboxylic acids is 3. The van der Waals surface area contributed by atoms with Gasteiger partial charge in [-0.3, -0.25) is 9.69 Å². The van der Waals surface area contributed by atoms with Crippen LogP contribution >= 0.6 is 11.3 Å². The smallest absolute Gasteiger partial charge is 0.422 e. The second-order valence-corrected chi connectivity index (χ2v) is 9.68. The van der Waals surface area contributed by atoms with Crippen LogP contribution in [0.3, 0.4) is 0 Å². The zero-order valence-corrected chi connectivity index (χ0v) is 20.3. The number of β-lactam (4-membered cyclic amide) rings is 1. The van der Waals surface area contributed by atoms with Gasteiger partial charge in [-0.15, -0.1) is 11.3 Å². The minimum absolute atomic E-state index is 0.120. The molecule has 2 fully saturated rings. The van der Waals surface area contributed by atoms with Gasteiger partial charge in [0.1, 0.15) is 23.4 Å². The van der Waals surface area contributed by atoms with Gasteiger partial charge in [0.15, 0.2) is 0 Å². The van der Waals surface area contributed by atoms with Crippen LogP contribution in [-0.4, -0.2) is 51.6 Å². The van der Waals surface area contributed by atoms with E-state index in [1.807, 2.05) is 54.6 Å². The monoisotopic (exact) mass is 511 g/mol. The van der Waals surface area contributed by atoms with E-state index in [1.165, 1.54) is 16.2 Å². The van der Waals surface area contributed by atoms with Gasteiger partial charge in [0.2, 0.25) is 0 Å². The molecule has 1 unspecified atom stereocenters. The average Bonchev–Trinajstić information content (AvgIpc) is 3.50. The number of carbonyl (C=O) groups is 3. The number of aromatic nitrogens is 1. The first-order valence-corrected chi connectivity index (χ1v) is 12.6. The molecule has 8 nitrogen and oxygen atoms in total. The standard InChI is InChI=1S/C28H21N3O5S/c32-26-25(30-22(17-35-27(30)33)18-9-3-1-4-10-18)21(31(26)28(34)36-19-11-5-2-6-12-19)15-16-24-29-20-13-7-8-14-23(20)37-24/h1-16,21-22,25H,17H2/b16-15+/t21-,22?,25-/m1/s1. The average molecular weight is 512 g/mol. The minimum atomic E-state index is -0.922. The molecule has 184 valence electrons. The van der Waals surface area contributed by atoms with Crippen molar-refractivity contribution >= 4 is 45.7 Å². The topological polar surface area (TPSA) is 89.0 Å². The third kappa shape index (κ3) is 4.23. The Morgan fingerprint density at radius 2 is 1.68 bits per heavy atom. The third-order valence-corrected chi connectivity index (χ3v) is 7.40. The molecule has 1 aromatic heterocycles. The van der Waals surface area contributed by atoms with Gasteiger partial charge in [0.05, 0.1) is 22.3 Å². The number of cyclic esters (lactones) is 1. The van der Waals surface area contributed by atoms with Crippen molar-refractivity contribution in [2.45, 2.75) is 18.1 Å². The first-order chi connectivity index (χ1) is 18.1. The fourth-order valence-electron chi connectivity index (χ4n) is 4.63. The van der Waals surface area contributed by atoms with Crippen LogP contribution in [-0.2, 0) is 9.53 Å². The lowest BCUT2D eigenvalue weighted by molar-refractivity contribution is -0.150. The summed E-state index contributed by atoms with van der Waals surface area (Å²) in [5.74, 6) is -0.208. The SMILES string of the molecule is O=C(Oc1ccccc1)N1C(=O)[C@H](N2C(=O)OCC2c2ccccc2)[C@H]1/C=C/c1nc2ccccc2s1. The van der Waals surface area contributed by atoms with Crippen molar-refractivity contribution in [3.05, 3.63) is 102 Å². The second-order valence-electron chi connectivity index (χ2n) is 8.61. The highest BCUT2D eigenvalue weighted by Crippen LogP contribution is 2.38. The molecule has 37 heavy (non-hydrogen) atoms. The van der Waals surface area contributed by atoms with E-state index in [0.29, 0.717) is 5.75 Å². The van der Waals surface area contributed by atoms with Gasteiger partial charge in [0.25, 0.3) is 5.91 Å². The van der Waals surface area contributed by atoms with E-state index in [2.05, 4.69) is 4.98 Å². The molecule has 3 amide bonds. The molecule has 2 saturated heterocycles. The predicted octanol–water partition coefficient (Wildman–Crippen LogP) is 5.28. The summed E-state index contributed by atoms with van der Waals surface area (Å²) in [6.07, 6.45) is 2.09. The molecule has 0 aliphatic carbocycles. The molecule has 0 spiro atoms. The molecular weight excluding hydrogens is 490 g/mol. The van der Waals surface area contributed by atoms with E-state index in [9.17, 15) is 14.4 Å². The quantitative estimate of drug-likeness (QED) is 0.339. The van der Waals surface area contributed by atoms with Crippen LogP contribution in [0.1, 0.15) is 16.6 Å². The number of likely N-dealkylation sites (tertiary alicyclic amines) is 1. The zero-order valence-electron chi connectivity index (χ0n) is 19.5. The summed E-state index contributed by atoms with van der Waals surface area (Å²) in [7, 11) is 0. The van der Waals surface area contributed by atoms with Crippen LogP contribution in [0, 0.1) is 0 Å². The van der Waals surface area contributed by atoms with Crippen LogP contribution in [0.25, 0.3) is 16.3 Å². The fraction of sp³-hybridized carbons (Fsp3) is 0.143. The van der Waals surface area contributed by atoms with E-state index in [-0.39, 0.29) is 6.61 Å². The van der Waals surface area contributed by atoms with Gasteiger partial charge in [-0.1, -0.05) is 66.7 Å². The summed E-state index contributed by atoms with van der Waals surface area (Å²) >= 11 is 1.50. The van der Waals surface area contributed by atoms with E-state index >= 15 is 0 Å². The number of thiazole rings is 1. The van der Waals surface area contributed by atoms with Crippen molar-refractivity contribution in [3.63, 3.8) is 0 Å². The van der Waals surface area contributed by atoms with Gasteiger partial charge < -0.3 is 9.47 Å². The van der Waals surface area contributed by atoms with Crippen molar-refractivity contribution in [3.8, 4) is 5.75 Å². The second kappa shape index (κ2) is 9.51. The molecule has 3 aromatic carbocycles. The highest BCUT2D eigenvalue weighted by molar-refractivity contribution is 7.19. The number of hydrogen-bond acceptors (Lipinski definition) is 7. The molecule has 0 N–H and O–H groups in total. The normalized spacial score (nSPS) is 21.4. The Kier molecular flexibility index (Phi) is 5.90. The van der Waals surface area contributed by atoms with Gasteiger partial charge >= 0.3 is 12.2 Å². The Labute approximate surface area is 216 Å². The molecule has 3 atom stereocenters. The first-order valence-electron chi connectivity index (χ1n) is 11.7. The zero-order chi connectivity index (χ0) is 25.4. The number of fused-ring (bicyclic) bond motifs is 1. The van der Waals surface area contributed by atoms with Crippen molar-refractivity contribution in [1.29, 1.82) is 0 Å². The molecule has 0 saturated carbocycles. The number of rotatable bonds is 5. The molecular formula is C28H21N3O5S. The molecule has 0 radical (unpaired) electrons. The maximum atomic E-state index is 13.4. The summed E-state index contributed by atoms with van der Waals surface area (Å²) in [6, 6.07) is 23.6. The van der Waals surface area contributed by atoms with Gasteiger partial charge in [-0.2, -0.15) is 0 Å². The summed E-state index contributed by atoms with van der Waals surface area (Å²) in [6.45, 7) is 0.120. The number of amides is 3. The maximum absolute atomic E-state index is 13.4. The molecule has 6 rings (SSSR count). The van der Waals surface area contributed by atoms with Crippen LogP contribution in [0.5, 0.6) is 5.75 Å². The highest BCUT2D eigenvalue weighted by Gasteiger charge is 2.58. The molecule has 2 aliphatic heterocycles.